The van der Waals surface area contributed by atoms with Crippen molar-refractivity contribution < 1.29 is 18.0 Å². The van der Waals surface area contributed by atoms with Crippen LogP contribution in [0.15, 0.2) is 18.3 Å². The Labute approximate surface area is 99.9 Å². The average molecular weight is 255 g/mol. The standard InChI is InChI=1S/C11H8F3N3O/c1-5(18)16-11-15-4-9(17-11)7-2-6(12)3-8(13)10(7)14/h2-4H,1H3,(H2,15,16,17,18). The van der Waals surface area contributed by atoms with Crippen molar-refractivity contribution in [2.24, 2.45) is 0 Å². The van der Waals surface area contributed by atoms with Gasteiger partial charge in [-0.15, -0.1) is 0 Å². The molecule has 0 fully saturated rings. The highest BCUT2D eigenvalue weighted by atomic mass is 19.2. The number of benzene rings is 1. The normalized spacial score (nSPS) is 10.4. The van der Waals surface area contributed by atoms with E-state index in [1.807, 2.05) is 0 Å². The summed E-state index contributed by atoms with van der Waals surface area (Å²) >= 11 is 0. The molecule has 1 aromatic carbocycles. The zero-order chi connectivity index (χ0) is 13.3. The summed E-state index contributed by atoms with van der Waals surface area (Å²) in [7, 11) is 0. The quantitative estimate of drug-likeness (QED) is 0.810. The number of nitrogens with one attached hydrogen (secondary N) is 2. The lowest BCUT2D eigenvalue weighted by molar-refractivity contribution is -0.114. The van der Waals surface area contributed by atoms with Crippen LogP contribution in [0.3, 0.4) is 0 Å². The molecule has 0 aliphatic carbocycles. The van der Waals surface area contributed by atoms with E-state index in [9.17, 15) is 18.0 Å². The van der Waals surface area contributed by atoms with Crippen LogP contribution in [-0.2, 0) is 4.79 Å². The third kappa shape index (κ3) is 2.34. The lowest BCUT2D eigenvalue weighted by atomic mass is 10.1. The summed E-state index contributed by atoms with van der Waals surface area (Å²) in [6, 6.07) is 1.27. The Morgan fingerprint density at radius 3 is 2.72 bits per heavy atom. The summed E-state index contributed by atoms with van der Waals surface area (Å²) < 4.78 is 39.5. The van der Waals surface area contributed by atoms with Crippen LogP contribution >= 0.6 is 0 Å². The second-order valence-electron chi connectivity index (χ2n) is 3.56. The number of nitrogens with zero attached hydrogens (tertiary/aromatic N) is 1. The van der Waals surface area contributed by atoms with Crippen LogP contribution in [-0.4, -0.2) is 15.9 Å². The van der Waals surface area contributed by atoms with Crippen molar-refractivity contribution in [3.05, 3.63) is 35.8 Å². The number of hydrogen-bond acceptors (Lipinski definition) is 2. The molecule has 2 N–H and O–H groups in total. The lowest BCUT2D eigenvalue weighted by Crippen LogP contribution is -2.06. The van der Waals surface area contributed by atoms with Gasteiger partial charge in [-0.1, -0.05) is 0 Å². The van der Waals surface area contributed by atoms with Gasteiger partial charge in [-0.2, -0.15) is 0 Å². The molecule has 2 rings (SSSR count). The summed E-state index contributed by atoms with van der Waals surface area (Å²) in [6.45, 7) is 1.27. The van der Waals surface area contributed by atoms with Crippen molar-refractivity contribution in [2.75, 3.05) is 5.32 Å². The molecule has 94 valence electrons. The number of rotatable bonds is 2. The highest BCUT2D eigenvalue weighted by Crippen LogP contribution is 2.25. The van der Waals surface area contributed by atoms with E-state index in [-0.39, 0.29) is 23.1 Å². The summed E-state index contributed by atoms with van der Waals surface area (Å²) in [6.07, 6.45) is 1.24. The Hall–Kier alpha value is -2.31. The topological polar surface area (TPSA) is 57.8 Å². The van der Waals surface area contributed by atoms with Crippen LogP contribution in [0.1, 0.15) is 6.92 Å². The maximum atomic E-state index is 13.5. The number of carbonyl (C=O) groups excluding carboxylic acids is 1. The molecule has 0 aliphatic heterocycles. The fraction of sp³-hybridized carbons (Fsp3) is 0.0909. The van der Waals surface area contributed by atoms with Gasteiger partial charge < -0.3 is 4.98 Å². The fourth-order valence-electron chi connectivity index (χ4n) is 1.43. The van der Waals surface area contributed by atoms with E-state index >= 15 is 0 Å². The molecule has 0 aliphatic rings. The van der Waals surface area contributed by atoms with E-state index in [4.69, 9.17) is 0 Å². The zero-order valence-electron chi connectivity index (χ0n) is 9.22. The van der Waals surface area contributed by atoms with Crippen LogP contribution in [0.25, 0.3) is 11.3 Å². The fourth-order valence-corrected chi connectivity index (χ4v) is 1.43. The number of anilines is 1. The maximum Gasteiger partial charge on any atom is 0.223 e. The van der Waals surface area contributed by atoms with Crippen molar-refractivity contribution in [3.8, 4) is 11.3 Å². The smallest absolute Gasteiger partial charge is 0.223 e. The molecule has 0 radical (unpaired) electrons. The van der Waals surface area contributed by atoms with E-state index in [0.29, 0.717) is 6.07 Å². The van der Waals surface area contributed by atoms with Crippen LogP contribution in [0, 0.1) is 17.5 Å². The minimum absolute atomic E-state index is 0.00495. The van der Waals surface area contributed by atoms with Crippen LogP contribution in [0.5, 0.6) is 0 Å². The number of hydrogen-bond donors (Lipinski definition) is 2. The number of aromatic nitrogens is 2. The summed E-state index contributed by atoms with van der Waals surface area (Å²) in [5.74, 6) is -3.71. The Balaban J connectivity index is 2.43. The number of imidazole rings is 1. The van der Waals surface area contributed by atoms with Crippen molar-refractivity contribution in [2.45, 2.75) is 6.92 Å². The minimum atomic E-state index is -1.30. The SMILES string of the molecule is CC(=O)Nc1nc(-c2cc(F)cc(F)c2F)c[nH]1. The number of H-pyrrole nitrogens is 1. The number of halogens is 3. The summed E-state index contributed by atoms with van der Waals surface area (Å²) in [5.41, 5.74) is -0.324. The third-order valence-corrected chi connectivity index (χ3v) is 2.14. The minimum Gasteiger partial charge on any atom is -0.330 e. The maximum absolute atomic E-state index is 13.5. The van der Waals surface area contributed by atoms with E-state index in [1.54, 1.807) is 0 Å². The van der Waals surface area contributed by atoms with Crippen LogP contribution in [0.2, 0.25) is 0 Å². The van der Waals surface area contributed by atoms with Crippen molar-refractivity contribution in [1.29, 1.82) is 0 Å². The predicted molar refractivity (Wildman–Crippen MR) is 58.2 cm³/mol. The first-order valence-electron chi connectivity index (χ1n) is 4.95. The van der Waals surface area contributed by atoms with Gasteiger partial charge in [0.2, 0.25) is 11.9 Å². The van der Waals surface area contributed by atoms with Gasteiger partial charge in [0.05, 0.1) is 5.69 Å². The molecule has 4 nitrogen and oxygen atoms in total. The van der Waals surface area contributed by atoms with Gasteiger partial charge in [0.1, 0.15) is 5.82 Å². The van der Waals surface area contributed by atoms with Crippen molar-refractivity contribution >= 4 is 11.9 Å². The molecule has 1 aromatic heterocycles. The van der Waals surface area contributed by atoms with Gasteiger partial charge in [0.15, 0.2) is 11.6 Å². The molecule has 0 bridgehead atoms. The van der Waals surface area contributed by atoms with Gasteiger partial charge in [-0.25, -0.2) is 18.2 Å². The molecule has 7 heteroatoms. The van der Waals surface area contributed by atoms with Crippen LogP contribution < -0.4 is 5.32 Å². The molecule has 0 saturated carbocycles. The van der Waals surface area contributed by atoms with E-state index in [0.717, 1.165) is 6.07 Å². The Bertz CT molecular complexity index is 610. The number of aromatic amines is 1. The monoisotopic (exact) mass is 255 g/mol. The second kappa shape index (κ2) is 4.52. The number of carbonyl (C=O) groups is 1. The summed E-state index contributed by atoms with van der Waals surface area (Å²) in [5, 5.41) is 2.33. The highest BCUT2D eigenvalue weighted by Gasteiger charge is 2.15. The van der Waals surface area contributed by atoms with E-state index < -0.39 is 17.5 Å². The lowest BCUT2D eigenvalue weighted by Gasteiger charge is -2.01. The third-order valence-electron chi connectivity index (χ3n) is 2.14. The Morgan fingerprint density at radius 1 is 1.33 bits per heavy atom. The van der Waals surface area contributed by atoms with Gasteiger partial charge in [-0.05, 0) is 6.07 Å². The molecule has 0 atom stereocenters. The molecule has 0 unspecified atom stereocenters. The Kier molecular flexibility index (Phi) is 3.05. The second-order valence-corrected chi connectivity index (χ2v) is 3.56. The largest absolute Gasteiger partial charge is 0.330 e. The molecular weight excluding hydrogens is 247 g/mol. The molecular formula is C11H8F3N3O. The average Bonchev–Trinajstić information content (AvgIpc) is 2.70. The predicted octanol–water partition coefficient (Wildman–Crippen LogP) is 2.45. The molecule has 0 saturated heterocycles. The van der Waals surface area contributed by atoms with Gasteiger partial charge in [0, 0.05) is 24.8 Å². The number of amides is 1. The van der Waals surface area contributed by atoms with Gasteiger partial charge in [0.25, 0.3) is 0 Å². The van der Waals surface area contributed by atoms with E-state index in [2.05, 4.69) is 15.3 Å². The molecule has 18 heavy (non-hydrogen) atoms. The Morgan fingerprint density at radius 2 is 2.06 bits per heavy atom. The zero-order valence-corrected chi connectivity index (χ0v) is 9.22. The van der Waals surface area contributed by atoms with Crippen molar-refractivity contribution in [1.82, 2.24) is 9.97 Å². The summed E-state index contributed by atoms with van der Waals surface area (Å²) in [4.78, 5) is 17.1. The first kappa shape index (κ1) is 12.2. The van der Waals surface area contributed by atoms with Gasteiger partial charge in [-0.3, -0.25) is 10.1 Å². The van der Waals surface area contributed by atoms with Gasteiger partial charge >= 0.3 is 0 Å². The van der Waals surface area contributed by atoms with Crippen LogP contribution in [0.4, 0.5) is 19.1 Å². The molecule has 1 heterocycles. The molecule has 0 spiro atoms. The first-order chi connectivity index (χ1) is 8.47. The first-order valence-corrected chi connectivity index (χ1v) is 4.95. The highest BCUT2D eigenvalue weighted by molar-refractivity contribution is 5.87. The molecule has 2 aromatic rings. The van der Waals surface area contributed by atoms with E-state index in [1.165, 1.54) is 13.1 Å². The van der Waals surface area contributed by atoms with Crippen molar-refractivity contribution in [3.63, 3.8) is 0 Å². The molecule has 1 amide bonds.